The highest BCUT2D eigenvalue weighted by atomic mass is 79.9. The van der Waals surface area contributed by atoms with Crippen LogP contribution < -0.4 is 10.5 Å². The molecule has 2 nitrogen and oxygen atoms in total. The maximum absolute atomic E-state index is 6.05. The van der Waals surface area contributed by atoms with Crippen molar-refractivity contribution in [3.8, 4) is 5.75 Å². The van der Waals surface area contributed by atoms with Gasteiger partial charge >= 0.3 is 0 Å². The van der Waals surface area contributed by atoms with Crippen LogP contribution in [-0.2, 0) is 0 Å². The van der Waals surface area contributed by atoms with Crippen molar-refractivity contribution >= 4 is 27.3 Å². The van der Waals surface area contributed by atoms with Crippen LogP contribution >= 0.6 is 27.3 Å². The van der Waals surface area contributed by atoms with Crippen LogP contribution in [0, 0.1) is 0 Å². The summed E-state index contributed by atoms with van der Waals surface area (Å²) in [6.45, 7) is 0.638. The van der Waals surface area contributed by atoms with Gasteiger partial charge in [-0.15, -0.1) is 0 Å². The molecule has 0 aliphatic heterocycles. The molecule has 0 saturated heterocycles. The van der Waals surface area contributed by atoms with Gasteiger partial charge in [-0.25, -0.2) is 0 Å². The van der Waals surface area contributed by atoms with Gasteiger partial charge in [0.05, 0.1) is 6.61 Å². The van der Waals surface area contributed by atoms with E-state index in [0.29, 0.717) is 6.61 Å². The SMILES string of the molecule is NC(CCOc1ccc(Br)cc1)c1ccsc1. The van der Waals surface area contributed by atoms with Crippen LogP contribution in [0.2, 0.25) is 0 Å². The van der Waals surface area contributed by atoms with Crippen LogP contribution in [-0.4, -0.2) is 6.61 Å². The summed E-state index contributed by atoms with van der Waals surface area (Å²) >= 11 is 5.06. The van der Waals surface area contributed by atoms with Gasteiger partial charge < -0.3 is 10.5 Å². The minimum atomic E-state index is 0.0664. The lowest BCUT2D eigenvalue weighted by atomic mass is 10.1. The standard InChI is InChI=1S/C13H14BrNOS/c14-11-1-3-12(4-2-11)16-7-5-13(15)10-6-8-17-9-10/h1-4,6,8-9,13H,5,7,15H2. The molecule has 1 heterocycles. The summed E-state index contributed by atoms with van der Waals surface area (Å²) < 4.78 is 6.69. The minimum Gasteiger partial charge on any atom is -0.494 e. The van der Waals surface area contributed by atoms with Crippen LogP contribution in [0.4, 0.5) is 0 Å². The number of nitrogens with two attached hydrogens (primary N) is 1. The maximum Gasteiger partial charge on any atom is 0.119 e. The fourth-order valence-electron chi connectivity index (χ4n) is 1.49. The van der Waals surface area contributed by atoms with Crippen molar-refractivity contribution in [1.82, 2.24) is 0 Å². The lowest BCUT2D eigenvalue weighted by Gasteiger charge is -2.11. The molecule has 0 aliphatic rings. The van der Waals surface area contributed by atoms with Gasteiger partial charge in [-0.1, -0.05) is 15.9 Å². The lowest BCUT2D eigenvalue weighted by molar-refractivity contribution is 0.298. The molecule has 1 aromatic carbocycles. The zero-order chi connectivity index (χ0) is 12.1. The molecule has 1 atom stereocenters. The first-order valence-corrected chi connectivity index (χ1v) is 7.15. The van der Waals surface area contributed by atoms with E-state index in [2.05, 4.69) is 27.4 Å². The van der Waals surface area contributed by atoms with E-state index in [4.69, 9.17) is 10.5 Å². The van der Waals surface area contributed by atoms with Gasteiger partial charge in [0.2, 0.25) is 0 Å². The predicted molar refractivity (Wildman–Crippen MR) is 75.5 cm³/mol. The molecule has 4 heteroatoms. The third kappa shape index (κ3) is 3.84. The number of benzene rings is 1. The molecule has 0 amide bonds. The molecule has 2 aromatic rings. The average molecular weight is 312 g/mol. The normalized spacial score (nSPS) is 12.4. The molecule has 0 aliphatic carbocycles. The first-order valence-electron chi connectivity index (χ1n) is 5.42. The smallest absolute Gasteiger partial charge is 0.119 e. The number of rotatable bonds is 5. The van der Waals surface area contributed by atoms with Crippen molar-refractivity contribution in [1.29, 1.82) is 0 Å². The monoisotopic (exact) mass is 311 g/mol. The van der Waals surface area contributed by atoms with Crippen LogP contribution in [0.15, 0.2) is 45.6 Å². The van der Waals surface area contributed by atoms with E-state index in [1.165, 1.54) is 5.56 Å². The molecule has 0 bridgehead atoms. The Bertz CT molecular complexity index is 441. The Balaban J connectivity index is 1.78. The number of halogens is 1. The molecule has 0 fully saturated rings. The minimum absolute atomic E-state index is 0.0664. The summed E-state index contributed by atoms with van der Waals surface area (Å²) in [7, 11) is 0. The molecule has 0 radical (unpaired) electrons. The van der Waals surface area contributed by atoms with Crippen molar-refractivity contribution in [2.24, 2.45) is 5.73 Å². The summed E-state index contributed by atoms with van der Waals surface area (Å²) in [5, 5.41) is 4.13. The summed E-state index contributed by atoms with van der Waals surface area (Å²) in [4.78, 5) is 0. The first-order chi connectivity index (χ1) is 8.25. The lowest BCUT2D eigenvalue weighted by Crippen LogP contribution is -2.13. The molecule has 90 valence electrons. The van der Waals surface area contributed by atoms with Crippen molar-refractivity contribution in [2.45, 2.75) is 12.5 Å². The molecule has 1 aromatic heterocycles. The zero-order valence-corrected chi connectivity index (χ0v) is 11.7. The van der Waals surface area contributed by atoms with Crippen molar-refractivity contribution in [3.05, 3.63) is 51.1 Å². The Hall–Kier alpha value is -0.840. The summed E-state index contributed by atoms with van der Waals surface area (Å²) in [5.74, 6) is 0.880. The zero-order valence-electron chi connectivity index (χ0n) is 9.30. The van der Waals surface area contributed by atoms with Crippen LogP contribution in [0.1, 0.15) is 18.0 Å². The molecular weight excluding hydrogens is 298 g/mol. The molecule has 2 N–H and O–H groups in total. The molecule has 0 spiro atoms. The van der Waals surface area contributed by atoms with Crippen molar-refractivity contribution < 1.29 is 4.74 Å². The quantitative estimate of drug-likeness (QED) is 0.906. The van der Waals surface area contributed by atoms with E-state index in [-0.39, 0.29) is 6.04 Å². The van der Waals surface area contributed by atoms with E-state index in [0.717, 1.165) is 16.6 Å². The number of ether oxygens (including phenoxy) is 1. The fraction of sp³-hybridized carbons (Fsp3) is 0.231. The summed E-state index contributed by atoms with van der Waals surface area (Å²) in [6, 6.07) is 9.95. The van der Waals surface area contributed by atoms with E-state index in [9.17, 15) is 0 Å². The Morgan fingerprint density at radius 2 is 2.00 bits per heavy atom. The average Bonchev–Trinajstić information content (AvgIpc) is 2.85. The largest absolute Gasteiger partial charge is 0.494 e. The Morgan fingerprint density at radius 3 is 2.65 bits per heavy atom. The molecule has 17 heavy (non-hydrogen) atoms. The molecule has 0 saturated carbocycles. The summed E-state index contributed by atoms with van der Waals surface area (Å²) in [5.41, 5.74) is 7.24. The highest BCUT2D eigenvalue weighted by Crippen LogP contribution is 2.19. The van der Waals surface area contributed by atoms with Crippen LogP contribution in [0.3, 0.4) is 0 Å². The third-order valence-corrected chi connectivity index (χ3v) is 3.71. The van der Waals surface area contributed by atoms with Gasteiger partial charge in [0, 0.05) is 16.9 Å². The van der Waals surface area contributed by atoms with Gasteiger partial charge in [0.15, 0.2) is 0 Å². The van der Waals surface area contributed by atoms with E-state index in [1.54, 1.807) is 11.3 Å². The Labute approximate surface area is 114 Å². The van der Waals surface area contributed by atoms with Crippen molar-refractivity contribution in [3.63, 3.8) is 0 Å². The van der Waals surface area contributed by atoms with E-state index in [1.807, 2.05) is 29.6 Å². The number of hydrogen-bond acceptors (Lipinski definition) is 3. The van der Waals surface area contributed by atoms with E-state index < -0.39 is 0 Å². The highest BCUT2D eigenvalue weighted by Gasteiger charge is 2.06. The number of thiophene rings is 1. The second-order valence-corrected chi connectivity index (χ2v) is 5.45. The topological polar surface area (TPSA) is 35.2 Å². The third-order valence-electron chi connectivity index (χ3n) is 2.48. The number of hydrogen-bond donors (Lipinski definition) is 1. The van der Waals surface area contributed by atoms with Gasteiger partial charge in [0.25, 0.3) is 0 Å². The second kappa shape index (κ2) is 6.19. The van der Waals surface area contributed by atoms with Crippen LogP contribution in [0.25, 0.3) is 0 Å². The Kier molecular flexibility index (Phi) is 4.59. The van der Waals surface area contributed by atoms with Crippen LogP contribution in [0.5, 0.6) is 5.75 Å². The van der Waals surface area contributed by atoms with Crippen molar-refractivity contribution in [2.75, 3.05) is 6.61 Å². The molecular formula is C13H14BrNOS. The fourth-order valence-corrected chi connectivity index (χ4v) is 2.48. The van der Waals surface area contributed by atoms with Gasteiger partial charge in [0.1, 0.15) is 5.75 Å². The van der Waals surface area contributed by atoms with Gasteiger partial charge in [-0.3, -0.25) is 0 Å². The van der Waals surface area contributed by atoms with Gasteiger partial charge in [-0.2, -0.15) is 11.3 Å². The highest BCUT2D eigenvalue weighted by molar-refractivity contribution is 9.10. The Morgan fingerprint density at radius 1 is 1.24 bits per heavy atom. The maximum atomic E-state index is 6.05. The molecule has 2 rings (SSSR count). The van der Waals surface area contributed by atoms with Gasteiger partial charge in [-0.05, 0) is 46.7 Å². The summed E-state index contributed by atoms with van der Waals surface area (Å²) in [6.07, 6.45) is 0.826. The predicted octanol–water partition coefficient (Wildman–Crippen LogP) is 3.98. The molecule has 1 unspecified atom stereocenters. The second-order valence-electron chi connectivity index (χ2n) is 3.75. The van der Waals surface area contributed by atoms with E-state index >= 15 is 0 Å². The first kappa shape index (κ1) is 12.6.